The Kier molecular flexibility index (Phi) is 4.29. The molecule has 3 aromatic rings. The molecule has 1 heterocycles. The lowest BCUT2D eigenvalue weighted by Crippen LogP contribution is -2.23. The fourth-order valence-electron chi connectivity index (χ4n) is 2.60. The number of nitrogens with zero attached hydrogens (tertiary/aromatic N) is 1. The van der Waals surface area contributed by atoms with Crippen LogP contribution in [0.3, 0.4) is 0 Å². The predicted octanol–water partition coefficient (Wildman–Crippen LogP) is 2.40. The number of aromatic nitrogens is 1. The van der Waals surface area contributed by atoms with E-state index in [-0.39, 0.29) is 17.0 Å². The van der Waals surface area contributed by atoms with Gasteiger partial charge in [0.15, 0.2) is 5.58 Å². The maximum atomic E-state index is 12.5. The van der Waals surface area contributed by atoms with Crippen LogP contribution >= 0.6 is 0 Å². The van der Waals surface area contributed by atoms with Crippen molar-refractivity contribution in [1.82, 2.24) is 9.29 Å². The molecule has 2 aromatic carbocycles. The second-order valence-electron chi connectivity index (χ2n) is 5.56. The molecule has 3 rings (SSSR count). The van der Waals surface area contributed by atoms with Crippen molar-refractivity contribution in [3.05, 3.63) is 64.1 Å². The van der Waals surface area contributed by atoms with Crippen molar-refractivity contribution in [2.75, 3.05) is 0 Å². The molecule has 0 amide bonds. The second-order valence-corrected chi connectivity index (χ2v) is 7.32. The van der Waals surface area contributed by atoms with E-state index in [1.807, 2.05) is 38.1 Å². The molecule has 1 N–H and O–H groups in total. The molecule has 0 aliphatic carbocycles. The molecular weight excluding hydrogens is 328 g/mol. The van der Waals surface area contributed by atoms with Gasteiger partial charge in [0.05, 0.1) is 10.4 Å². The molecule has 126 valence electrons. The van der Waals surface area contributed by atoms with Gasteiger partial charge in [-0.3, -0.25) is 4.57 Å². The van der Waals surface area contributed by atoms with Crippen LogP contribution < -0.4 is 10.5 Å². The van der Waals surface area contributed by atoms with Gasteiger partial charge in [-0.1, -0.05) is 29.8 Å². The molecule has 1 aromatic heterocycles. The van der Waals surface area contributed by atoms with Crippen LogP contribution in [0, 0.1) is 6.92 Å². The van der Waals surface area contributed by atoms with E-state index < -0.39 is 15.8 Å². The van der Waals surface area contributed by atoms with Crippen LogP contribution in [-0.4, -0.2) is 13.0 Å². The first-order chi connectivity index (χ1) is 11.4. The summed E-state index contributed by atoms with van der Waals surface area (Å²) < 4.78 is 34.0. The van der Waals surface area contributed by atoms with Crippen LogP contribution in [0.25, 0.3) is 11.1 Å². The monoisotopic (exact) mass is 346 g/mol. The Morgan fingerprint density at radius 1 is 1.17 bits per heavy atom. The topological polar surface area (TPSA) is 81.3 Å². The molecule has 24 heavy (non-hydrogen) atoms. The summed E-state index contributed by atoms with van der Waals surface area (Å²) in [4.78, 5) is 11.8. The minimum atomic E-state index is -3.69. The Labute approximate surface area is 139 Å². The van der Waals surface area contributed by atoms with E-state index in [0.29, 0.717) is 12.1 Å². The molecule has 0 aliphatic heterocycles. The van der Waals surface area contributed by atoms with Gasteiger partial charge >= 0.3 is 5.76 Å². The molecule has 0 bridgehead atoms. The Balaban J connectivity index is 1.89. The third-order valence-electron chi connectivity index (χ3n) is 3.82. The van der Waals surface area contributed by atoms with Crippen molar-refractivity contribution in [3.63, 3.8) is 0 Å². The summed E-state index contributed by atoms with van der Waals surface area (Å²) in [6.07, 6.45) is 0. The van der Waals surface area contributed by atoms with Crippen LogP contribution in [0.4, 0.5) is 0 Å². The van der Waals surface area contributed by atoms with Crippen molar-refractivity contribution in [2.24, 2.45) is 0 Å². The summed E-state index contributed by atoms with van der Waals surface area (Å²) in [5, 5.41) is 0. The summed E-state index contributed by atoms with van der Waals surface area (Å²) in [6, 6.07) is 12.1. The van der Waals surface area contributed by atoms with E-state index in [2.05, 4.69) is 4.72 Å². The number of rotatable bonds is 5. The molecule has 7 heteroatoms. The minimum absolute atomic E-state index is 0.0691. The van der Waals surface area contributed by atoms with E-state index in [9.17, 15) is 13.2 Å². The van der Waals surface area contributed by atoms with Crippen molar-refractivity contribution in [1.29, 1.82) is 0 Å². The molecular formula is C17H18N2O4S. The first kappa shape index (κ1) is 16.5. The zero-order chi connectivity index (χ0) is 17.3. The molecule has 0 atom stereocenters. The maximum absolute atomic E-state index is 12.5. The molecule has 0 aliphatic rings. The molecule has 0 unspecified atom stereocenters. The highest BCUT2D eigenvalue weighted by molar-refractivity contribution is 7.89. The molecule has 6 nitrogen and oxygen atoms in total. The SMILES string of the molecule is CCn1c(=O)oc2cc(S(=O)(=O)NCc3cccc(C)c3)ccc21. The zero-order valence-electron chi connectivity index (χ0n) is 13.4. The fourth-order valence-corrected chi connectivity index (χ4v) is 3.63. The summed E-state index contributed by atoms with van der Waals surface area (Å²) in [7, 11) is -3.69. The summed E-state index contributed by atoms with van der Waals surface area (Å²) in [5.41, 5.74) is 2.79. The van der Waals surface area contributed by atoms with Gasteiger partial charge in [-0.15, -0.1) is 0 Å². The van der Waals surface area contributed by atoms with Crippen LogP contribution in [0.5, 0.6) is 0 Å². The van der Waals surface area contributed by atoms with Gasteiger partial charge in [-0.25, -0.2) is 17.9 Å². The number of hydrogen-bond donors (Lipinski definition) is 1. The van der Waals surface area contributed by atoms with Crippen molar-refractivity contribution in [2.45, 2.75) is 31.8 Å². The highest BCUT2D eigenvalue weighted by Gasteiger charge is 2.17. The van der Waals surface area contributed by atoms with Crippen LogP contribution in [0.1, 0.15) is 18.1 Å². The van der Waals surface area contributed by atoms with Crippen molar-refractivity contribution >= 4 is 21.1 Å². The summed E-state index contributed by atoms with van der Waals surface area (Å²) in [5.74, 6) is -0.491. The van der Waals surface area contributed by atoms with Crippen LogP contribution in [0.15, 0.2) is 56.6 Å². The highest BCUT2D eigenvalue weighted by Crippen LogP contribution is 2.19. The van der Waals surface area contributed by atoms with Gasteiger partial charge in [0.25, 0.3) is 0 Å². The average molecular weight is 346 g/mol. The van der Waals surface area contributed by atoms with Crippen molar-refractivity contribution < 1.29 is 12.8 Å². The third kappa shape index (κ3) is 3.13. The standard InChI is InChI=1S/C17H18N2O4S/c1-3-19-15-8-7-14(10-16(15)23-17(19)20)24(21,22)18-11-13-6-4-5-12(2)9-13/h4-10,18H,3,11H2,1-2H3. The molecule has 0 saturated carbocycles. The first-order valence-corrected chi connectivity index (χ1v) is 9.07. The Morgan fingerprint density at radius 3 is 2.67 bits per heavy atom. The lowest BCUT2D eigenvalue weighted by molar-refractivity contribution is 0.512. The minimum Gasteiger partial charge on any atom is -0.408 e. The van der Waals surface area contributed by atoms with Gasteiger partial charge < -0.3 is 4.42 Å². The van der Waals surface area contributed by atoms with E-state index in [4.69, 9.17) is 4.42 Å². The van der Waals surface area contributed by atoms with E-state index in [1.54, 1.807) is 6.07 Å². The Bertz CT molecular complexity index is 1050. The van der Waals surface area contributed by atoms with Gasteiger partial charge in [0, 0.05) is 19.2 Å². The molecule has 0 saturated heterocycles. The predicted molar refractivity (Wildman–Crippen MR) is 91.4 cm³/mol. The second kappa shape index (κ2) is 6.26. The maximum Gasteiger partial charge on any atom is 0.419 e. The lowest BCUT2D eigenvalue weighted by atomic mass is 10.1. The number of benzene rings is 2. The largest absolute Gasteiger partial charge is 0.419 e. The smallest absolute Gasteiger partial charge is 0.408 e. The van der Waals surface area contributed by atoms with Crippen LogP contribution in [-0.2, 0) is 23.1 Å². The summed E-state index contributed by atoms with van der Waals surface area (Å²) >= 11 is 0. The number of aryl methyl sites for hydroxylation is 2. The first-order valence-electron chi connectivity index (χ1n) is 7.59. The third-order valence-corrected chi connectivity index (χ3v) is 5.21. The quantitative estimate of drug-likeness (QED) is 0.769. The number of nitrogens with one attached hydrogen (secondary N) is 1. The fraction of sp³-hybridized carbons (Fsp3) is 0.235. The number of fused-ring (bicyclic) bond motifs is 1. The van der Waals surface area contributed by atoms with Gasteiger partial charge in [0.2, 0.25) is 10.0 Å². The molecule has 0 spiro atoms. The summed E-state index contributed by atoms with van der Waals surface area (Å²) in [6.45, 7) is 4.43. The van der Waals surface area contributed by atoms with Gasteiger partial charge in [0.1, 0.15) is 0 Å². The lowest BCUT2D eigenvalue weighted by Gasteiger charge is -2.07. The average Bonchev–Trinajstić information content (AvgIpc) is 2.87. The molecule has 0 radical (unpaired) electrons. The highest BCUT2D eigenvalue weighted by atomic mass is 32.2. The molecule has 0 fully saturated rings. The van der Waals surface area contributed by atoms with Crippen LogP contribution in [0.2, 0.25) is 0 Å². The van der Waals surface area contributed by atoms with Crippen molar-refractivity contribution in [3.8, 4) is 0 Å². The van der Waals surface area contributed by atoms with E-state index in [0.717, 1.165) is 11.1 Å². The van der Waals surface area contributed by atoms with Gasteiger partial charge in [-0.2, -0.15) is 0 Å². The van der Waals surface area contributed by atoms with E-state index in [1.165, 1.54) is 16.7 Å². The zero-order valence-corrected chi connectivity index (χ0v) is 14.3. The normalized spacial score (nSPS) is 11.9. The Hall–Kier alpha value is -2.38. The number of oxazole rings is 1. The number of hydrogen-bond acceptors (Lipinski definition) is 4. The van der Waals surface area contributed by atoms with E-state index >= 15 is 0 Å². The Morgan fingerprint density at radius 2 is 1.96 bits per heavy atom. The van der Waals surface area contributed by atoms with Gasteiger partial charge in [-0.05, 0) is 31.5 Å². The number of sulfonamides is 1.